The van der Waals surface area contributed by atoms with E-state index in [0.717, 1.165) is 18.2 Å². The topological polar surface area (TPSA) is 40.5 Å². The molecule has 1 saturated heterocycles. The molecule has 0 bridgehead atoms. The van der Waals surface area contributed by atoms with Crippen LogP contribution in [0.2, 0.25) is 0 Å². The maximum Gasteiger partial charge on any atom is 0.254 e. The van der Waals surface area contributed by atoms with E-state index in [0.29, 0.717) is 19.4 Å². The monoisotopic (exact) mass is 241 g/mol. The van der Waals surface area contributed by atoms with Crippen molar-refractivity contribution in [2.45, 2.75) is 18.9 Å². The van der Waals surface area contributed by atoms with Crippen molar-refractivity contribution in [1.82, 2.24) is 4.90 Å². The van der Waals surface area contributed by atoms with Crippen molar-refractivity contribution < 1.29 is 18.7 Å². The number of piperidine rings is 1. The number of nitrogens with zero attached hydrogens (tertiary/aromatic N) is 1. The number of hydrogen-bond acceptors (Lipinski definition) is 2. The number of aliphatic hydroxyl groups is 1. The number of β-amino-alcohol motifs (C(OH)–C–C–N with tert-alkyl or cyclic N) is 1. The van der Waals surface area contributed by atoms with Crippen molar-refractivity contribution in [3.8, 4) is 0 Å². The van der Waals surface area contributed by atoms with Gasteiger partial charge in [-0.2, -0.15) is 0 Å². The smallest absolute Gasteiger partial charge is 0.254 e. The second kappa shape index (κ2) is 4.79. The van der Waals surface area contributed by atoms with Gasteiger partial charge in [0.2, 0.25) is 0 Å². The predicted octanol–water partition coefficient (Wildman–Crippen LogP) is 1.56. The maximum atomic E-state index is 13.0. The van der Waals surface area contributed by atoms with E-state index in [9.17, 15) is 18.7 Å². The molecule has 3 nitrogen and oxygen atoms in total. The van der Waals surface area contributed by atoms with Gasteiger partial charge in [0.25, 0.3) is 5.91 Å². The Bertz CT molecular complexity index is 416. The summed E-state index contributed by atoms with van der Waals surface area (Å²) in [6.45, 7) is 0.727. The molecule has 1 amide bonds. The normalized spacial score (nSPS) is 20.4. The Morgan fingerprint density at radius 1 is 1.29 bits per heavy atom. The van der Waals surface area contributed by atoms with Crippen LogP contribution in [0.1, 0.15) is 23.2 Å². The third-order valence-corrected chi connectivity index (χ3v) is 2.79. The molecule has 1 heterocycles. The molecule has 5 heteroatoms. The van der Waals surface area contributed by atoms with Crippen LogP contribution in [-0.2, 0) is 0 Å². The Kier molecular flexibility index (Phi) is 3.38. The highest BCUT2D eigenvalue weighted by atomic mass is 19.1. The summed E-state index contributed by atoms with van der Waals surface area (Å²) in [4.78, 5) is 13.4. The van der Waals surface area contributed by atoms with Gasteiger partial charge in [-0.3, -0.25) is 4.79 Å². The molecule has 0 aromatic heterocycles. The Morgan fingerprint density at radius 2 is 1.94 bits per heavy atom. The molecule has 1 aromatic carbocycles. The highest BCUT2D eigenvalue weighted by molar-refractivity contribution is 5.94. The average molecular weight is 241 g/mol. The summed E-state index contributed by atoms with van der Waals surface area (Å²) in [5.74, 6) is -1.99. The van der Waals surface area contributed by atoms with E-state index >= 15 is 0 Å². The van der Waals surface area contributed by atoms with Crippen LogP contribution in [0, 0.1) is 11.6 Å². The fourth-order valence-electron chi connectivity index (χ4n) is 2.00. The summed E-state index contributed by atoms with van der Waals surface area (Å²) in [5, 5.41) is 9.44. The van der Waals surface area contributed by atoms with Crippen molar-refractivity contribution in [2.75, 3.05) is 13.1 Å². The zero-order valence-electron chi connectivity index (χ0n) is 9.20. The minimum atomic E-state index is -0.772. The van der Waals surface area contributed by atoms with Crippen LogP contribution in [0.4, 0.5) is 8.78 Å². The van der Waals surface area contributed by atoms with Gasteiger partial charge < -0.3 is 10.0 Å². The highest BCUT2D eigenvalue weighted by Crippen LogP contribution is 2.15. The van der Waals surface area contributed by atoms with Crippen LogP contribution in [0.25, 0.3) is 0 Å². The lowest BCUT2D eigenvalue weighted by atomic mass is 10.1. The van der Waals surface area contributed by atoms with E-state index in [1.165, 1.54) is 4.90 Å². The largest absolute Gasteiger partial charge is 0.391 e. The second-order valence-electron chi connectivity index (χ2n) is 4.21. The van der Waals surface area contributed by atoms with E-state index < -0.39 is 23.6 Å². The number of benzene rings is 1. The van der Waals surface area contributed by atoms with Crippen molar-refractivity contribution in [3.63, 3.8) is 0 Å². The van der Waals surface area contributed by atoms with Gasteiger partial charge in [0.05, 0.1) is 6.10 Å². The van der Waals surface area contributed by atoms with Crippen molar-refractivity contribution in [2.24, 2.45) is 0 Å². The second-order valence-corrected chi connectivity index (χ2v) is 4.21. The van der Waals surface area contributed by atoms with Crippen LogP contribution in [0.5, 0.6) is 0 Å². The van der Waals surface area contributed by atoms with E-state index in [1.807, 2.05) is 0 Å². The summed E-state index contributed by atoms with van der Waals surface area (Å²) in [5.41, 5.74) is -0.0170. The van der Waals surface area contributed by atoms with Crippen LogP contribution in [0.15, 0.2) is 18.2 Å². The molecular weight excluding hydrogens is 228 g/mol. The van der Waals surface area contributed by atoms with Crippen LogP contribution >= 0.6 is 0 Å². The number of hydrogen-bond donors (Lipinski definition) is 1. The molecule has 0 spiro atoms. The molecule has 17 heavy (non-hydrogen) atoms. The average Bonchev–Trinajstić information content (AvgIpc) is 2.26. The van der Waals surface area contributed by atoms with Crippen molar-refractivity contribution in [1.29, 1.82) is 0 Å². The summed E-state index contributed by atoms with van der Waals surface area (Å²) in [7, 11) is 0. The van der Waals surface area contributed by atoms with E-state index in [2.05, 4.69) is 0 Å². The molecule has 92 valence electrons. The molecule has 1 atom stereocenters. The van der Waals surface area contributed by atoms with Crippen LogP contribution in [0.3, 0.4) is 0 Å². The first kappa shape index (κ1) is 12.0. The third kappa shape index (κ3) is 2.79. The Morgan fingerprint density at radius 3 is 2.53 bits per heavy atom. The number of likely N-dealkylation sites (tertiary alicyclic amines) is 1. The Hall–Kier alpha value is -1.49. The Labute approximate surface area is 97.7 Å². The lowest BCUT2D eigenvalue weighted by Gasteiger charge is -2.30. The number of halogens is 2. The van der Waals surface area contributed by atoms with Gasteiger partial charge in [0, 0.05) is 24.7 Å². The lowest BCUT2D eigenvalue weighted by molar-refractivity contribution is 0.0473. The summed E-state index contributed by atoms with van der Waals surface area (Å²) < 4.78 is 25.9. The number of aliphatic hydroxyl groups excluding tert-OH is 1. The number of carbonyl (C=O) groups excluding carboxylic acids is 1. The van der Waals surface area contributed by atoms with E-state index in [4.69, 9.17) is 0 Å². The molecule has 0 radical (unpaired) electrons. The van der Waals surface area contributed by atoms with Gasteiger partial charge in [0.15, 0.2) is 0 Å². The van der Waals surface area contributed by atoms with Crippen LogP contribution < -0.4 is 0 Å². The fraction of sp³-hybridized carbons (Fsp3) is 0.417. The molecule has 1 unspecified atom stereocenters. The third-order valence-electron chi connectivity index (χ3n) is 2.79. The van der Waals surface area contributed by atoms with Crippen LogP contribution in [-0.4, -0.2) is 35.1 Å². The SMILES string of the molecule is O=C(c1cc(F)cc(F)c1)N1CCCC(O)C1. The maximum absolute atomic E-state index is 13.0. The van der Waals surface area contributed by atoms with Gasteiger partial charge in [-0.25, -0.2) is 8.78 Å². The molecule has 1 aromatic rings. The van der Waals surface area contributed by atoms with Crippen molar-refractivity contribution >= 4 is 5.91 Å². The van der Waals surface area contributed by atoms with E-state index in [1.54, 1.807) is 0 Å². The molecule has 2 rings (SSSR count). The fourth-order valence-corrected chi connectivity index (χ4v) is 2.00. The first-order valence-corrected chi connectivity index (χ1v) is 5.49. The molecule has 1 aliphatic rings. The summed E-state index contributed by atoms with van der Waals surface area (Å²) in [6, 6.07) is 2.74. The van der Waals surface area contributed by atoms with Gasteiger partial charge >= 0.3 is 0 Å². The van der Waals surface area contributed by atoms with Gasteiger partial charge in [-0.15, -0.1) is 0 Å². The molecule has 1 aliphatic heterocycles. The highest BCUT2D eigenvalue weighted by Gasteiger charge is 2.23. The quantitative estimate of drug-likeness (QED) is 0.810. The molecule has 0 saturated carbocycles. The first-order valence-electron chi connectivity index (χ1n) is 5.49. The molecule has 1 fully saturated rings. The predicted molar refractivity (Wildman–Crippen MR) is 57.5 cm³/mol. The lowest BCUT2D eigenvalue weighted by Crippen LogP contribution is -2.42. The standard InChI is InChI=1S/C12H13F2NO2/c13-9-4-8(5-10(14)6-9)12(17)15-3-1-2-11(16)7-15/h4-6,11,16H,1-3,7H2. The molecular formula is C12H13F2NO2. The molecule has 0 aliphatic carbocycles. The minimum absolute atomic E-state index is 0.0170. The zero-order valence-corrected chi connectivity index (χ0v) is 9.20. The zero-order chi connectivity index (χ0) is 12.4. The van der Waals surface area contributed by atoms with Gasteiger partial charge in [-0.05, 0) is 25.0 Å². The minimum Gasteiger partial charge on any atom is -0.391 e. The summed E-state index contributed by atoms with van der Waals surface area (Å²) >= 11 is 0. The molecule has 1 N–H and O–H groups in total. The summed E-state index contributed by atoms with van der Waals surface area (Å²) in [6.07, 6.45) is 0.803. The number of amides is 1. The Balaban J connectivity index is 2.18. The number of carbonyl (C=O) groups is 1. The first-order chi connectivity index (χ1) is 8.06. The van der Waals surface area contributed by atoms with Crippen molar-refractivity contribution in [3.05, 3.63) is 35.4 Å². The number of rotatable bonds is 1. The van der Waals surface area contributed by atoms with Gasteiger partial charge in [-0.1, -0.05) is 0 Å². The van der Waals surface area contributed by atoms with Gasteiger partial charge in [0.1, 0.15) is 11.6 Å². The van der Waals surface area contributed by atoms with E-state index in [-0.39, 0.29) is 12.1 Å².